The van der Waals surface area contributed by atoms with E-state index < -0.39 is 0 Å². The second-order valence-corrected chi connectivity index (χ2v) is 18.6. The number of thiophene rings is 1. The summed E-state index contributed by atoms with van der Waals surface area (Å²) in [5.41, 5.74) is 7.53. The van der Waals surface area contributed by atoms with E-state index in [1.807, 2.05) is 11.3 Å². The van der Waals surface area contributed by atoms with Crippen molar-refractivity contribution in [2.24, 2.45) is 0 Å². The van der Waals surface area contributed by atoms with Crippen molar-refractivity contribution in [3.63, 3.8) is 0 Å². The lowest BCUT2D eigenvalue weighted by atomic mass is 9.86. The summed E-state index contributed by atoms with van der Waals surface area (Å²) in [6.07, 6.45) is 0. The Morgan fingerprint density at radius 1 is 0.206 bits per heavy atom. The molecular weight excluding hydrogens is 777 g/mol. The van der Waals surface area contributed by atoms with Gasteiger partial charge in [-0.15, -0.1) is 11.3 Å². The molecule has 1 aromatic heterocycles. The first-order valence-electron chi connectivity index (χ1n) is 21.9. The van der Waals surface area contributed by atoms with Crippen LogP contribution in [0.15, 0.2) is 206 Å². The predicted octanol–water partition coefficient (Wildman–Crippen LogP) is 18.3. The van der Waals surface area contributed by atoms with Crippen LogP contribution in [0.5, 0.6) is 0 Å². The molecule has 0 fully saturated rings. The first-order valence-corrected chi connectivity index (χ1v) is 22.7. The molecule has 15 aromatic rings. The Morgan fingerprint density at radius 3 is 1.22 bits per heavy atom. The Labute approximate surface area is 366 Å². The van der Waals surface area contributed by atoms with Crippen LogP contribution in [0.25, 0.3) is 151 Å². The molecule has 0 aliphatic rings. The highest BCUT2D eigenvalue weighted by Crippen LogP contribution is 2.46. The summed E-state index contributed by atoms with van der Waals surface area (Å²) < 4.78 is 2.68. The maximum Gasteiger partial charge on any atom is 0.0362 e. The van der Waals surface area contributed by atoms with Crippen LogP contribution >= 0.6 is 11.3 Å². The molecule has 14 aromatic carbocycles. The highest BCUT2D eigenvalue weighted by Gasteiger charge is 2.18. The van der Waals surface area contributed by atoms with Crippen LogP contribution in [-0.2, 0) is 0 Å². The van der Waals surface area contributed by atoms with Gasteiger partial charge in [0.15, 0.2) is 0 Å². The molecule has 0 radical (unpaired) electrons. The fourth-order valence-electron chi connectivity index (χ4n) is 11.5. The Morgan fingerprint density at radius 2 is 0.619 bits per heavy atom. The lowest BCUT2D eigenvalue weighted by Crippen LogP contribution is -1.90. The molecule has 63 heavy (non-hydrogen) atoms. The third-order valence-electron chi connectivity index (χ3n) is 14.3. The van der Waals surface area contributed by atoms with Gasteiger partial charge in [0.25, 0.3) is 0 Å². The third kappa shape index (κ3) is 4.64. The maximum atomic E-state index is 2.45. The highest BCUT2D eigenvalue weighted by molar-refractivity contribution is 7.25. The summed E-state index contributed by atoms with van der Waals surface area (Å²) in [7, 11) is 0. The largest absolute Gasteiger partial charge is 0.135 e. The van der Waals surface area contributed by atoms with Gasteiger partial charge in [0.05, 0.1) is 0 Å². The van der Waals surface area contributed by atoms with Gasteiger partial charge in [-0.05, 0) is 155 Å². The number of fused-ring (bicyclic) bond motifs is 9. The second-order valence-electron chi connectivity index (χ2n) is 17.5. The molecule has 0 N–H and O–H groups in total. The lowest BCUT2D eigenvalue weighted by Gasteiger charge is -2.18. The van der Waals surface area contributed by atoms with Crippen molar-refractivity contribution in [2.75, 3.05) is 0 Å². The Bertz CT molecular complexity index is 4400. The van der Waals surface area contributed by atoms with E-state index in [-0.39, 0.29) is 0 Å². The SMILES string of the molecule is c1cc2ccc3ccc(-c4ccc(-c5ccc6ccc7c(-c8ccc9c(c8)c8ccccc8c8cc%10c(cc98)sc8ccccc8%10)ccc8ccc5c6c87)cc4)c4ccc(c1)c2c34. The minimum Gasteiger partial charge on any atom is -0.135 e. The zero-order valence-corrected chi connectivity index (χ0v) is 34.9. The van der Waals surface area contributed by atoms with Crippen molar-refractivity contribution in [3.05, 3.63) is 206 Å². The Balaban J connectivity index is 0.881. The molecule has 0 aliphatic heterocycles. The van der Waals surface area contributed by atoms with E-state index in [9.17, 15) is 0 Å². The number of hydrogen-bond donors (Lipinski definition) is 0. The monoisotopic (exact) mass is 810 g/mol. The molecule has 0 unspecified atom stereocenters. The van der Waals surface area contributed by atoms with Crippen LogP contribution in [0.4, 0.5) is 0 Å². The van der Waals surface area contributed by atoms with Crippen molar-refractivity contribution < 1.29 is 0 Å². The van der Waals surface area contributed by atoms with E-state index in [1.54, 1.807) is 0 Å². The van der Waals surface area contributed by atoms with Crippen molar-refractivity contribution in [2.45, 2.75) is 0 Å². The van der Waals surface area contributed by atoms with Crippen molar-refractivity contribution in [3.8, 4) is 33.4 Å². The van der Waals surface area contributed by atoms with Crippen LogP contribution in [0.3, 0.4) is 0 Å². The molecule has 0 atom stereocenters. The van der Waals surface area contributed by atoms with E-state index in [2.05, 4.69) is 206 Å². The van der Waals surface area contributed by atoms with Crippen LogP contribution < -0.4 is 0 Å². The first kappa shape index (κ1) is 33.8. The van der Waals surface area contributed by atoms with Gasteiger partial charge in [-0.2, -0.15) is 0 Å². The normalized spacial score (nSPS) is 12.4. The molecule has 15 rings (SSSR count). The summed E-state index contributed by atoms with van der Waals surface area (Å²) >= 11 is 1.90. The summed E-state index contributed by atoms with van der Waals surface area (Å²) in [4.78, 5) is 0. The maximum absolute atomic E-state index is 2.45. The number of benzene rings is 14. The minimum atomic E-state index is 1.23. The summed E-state index contributed by atoms with van der Waals surface area (Å²) in [6.45, 7) is 0. The topological polar surface area (TPSA) is 0 Å². The first-order chi connectivity index (χ1) is 31.2. The Kier molecular flexibility index (Phi) is 6.65. The van der Waals surface area contributed by atoms with Gasteiger partial charge >= 0.3 is 0 Å². The van der Waals surface area contributed by atoms with E-state index in [4.69, 9.17) is 0 Å². The molecule has 0 saturated carbocycles. The molecular formula is C62H34S. The van der Waals surface area contributed by atoms with Crippen LogP contribution in [-0.4, -0.2) is 0 Å². The van der Waals surface area contributed by atoms with Gasteiger partial charge in [-0.1, -0.05) is 182 Å². The minimum absolute atomic E-state index is 1.23. The van der Waals surface area contributed by atoms with Crippen molar-refractivity contribution in [1.82, 2.24) is 0 Å². The quantitative estimate of drug-likeness (QED) is 0.156. The highest BCUT2D eigenvalue weighted by atomic mass is 32.1. The molecule has 1 heteroatoms. The molecule has 0 aliphatic carbocycles. The standard InChI is InChI=1S/C62H34S/c1-2-9-47-46(8-1)53-32-42(24-28-48(53)55-34-58-56(33-54(47)55)49-10-3-4-11-57(49)63-58)45-27-20-41-22-30-51-44(26-19-40-23-31-52(45)62(41)61(40)51)36-14-12-35(13-15-36)43-25-18-39-17-16-37-6-5-7-38-21-29-50(43)60(39)59(37)38/h1-34H. The average Bonchev–Trinajstić information content (AvgIpc) is 3.72. The molecule has 1 heterocycles. The van der Waals surface area contributed by atoms with E-state index in [0.717, 1.165) is 0 Å². The summed E-state index contributed by atoms with van der Waals surface area (Å²) in [5.74, 6) is 0. The van der Waals surface area contributed by atoms with Gasteiger partial charge in [-0.3, -0.25) is 0 Å². The van der Waals surface area contributed by atoms with Crippen LogP contribution in [0.1, 0.15) is 0 Å². The summed E-state index contributed by atoms with van der Waals surface area (Å²) in [5, 5.41) is 26.3. The lowest BCUT2D eigenvalue weighted by molar-refractivity contribution is 1.64. The van der Waals surface area contributed by atoms with Gasteiger partial charge < -0.3 is 0 Å². The molecule has 0 nitrogen and oxygen atoms in total. The average molecular weight is 811 g/mol. The fraction of sp³-hybridized carbons (Fsp3) is 0. The van der Waals surface area contributed by atoms with Crippen molar-refractivity contribution in [1.29, 1.82) is 0 Å². The fourth-order valence-corrected chi connectivity index (χ4v) is 12.6. The van der Waals surface area contributed by atoms with Gasteiger partial charge in [0.2, 0.25) is 0 Å². The Hall–Kier alpha value is -7.84. The molecule has 0 bridgehead atoms. The molecule has 0 amide bonds. The summed E-state index contributed by atoms with van der Waals surface area (Å²) in [6, 6.07) is 78.1. The number of hydrogen-bond acceptors (Lipinski definition) is 1. The van der Waals surface area contributed by atoms with Crippen molar-refractivity contribution >= 4 is 128 Å². The third-order valence-corrected chi connectivity index (χ3v) is 15.5. The van der Waals surface area contributed by atoms with Gasteiger partial charge in [0, 0.05) is 20.2 Å². The van der Waals surface area contributed by atoms with Crippen LogP contribution in [0, 0.1) is 0 Å². The smallest absolute Gasteiger partial charge is 0.0362 e. The second kappa shape index (κ2) is 12.4. The van der Waals surface area contributed by atoms with E-state index in [0.29, 0.717) is 0 Å². The van der Waals surface area contributed by atoms with E-state index in [1.165, 1.54) is 151 Å². The molecule has 0 saturated heterocycles. The predicted molar refractivity (Wildman–Crippen MR) is 276 cm³/mol. The zero-order chi connectivity index (χ0) is 40.9. The molecule has 0 spiro atoms. The van der Waals surface area contributed by atoms with E-state index >= 15 is 0 Å². The number of rotatable bonds is 3. The van der Waals surface area contributed by atoms with Gasteiger partial charge in [0.1, 0.15) is 0 Å². The van der Waals surface area contributed by atoms with Crippen LogP contribution in [0.2, 0.25) is 0 Å². The zero-order valence-electron chi connectivity index (χ0n) is 34.0. The van der Waals surface area contributed by atoms with Gasteiger partial charge in [-0.25, -0.2) is 0 Å². The molecule has 288 valence electrons.